The Balaban J connectivity index is 5.07. The van der Waals surface area contributed by atoms with E-state index in [0.717, 1.165) is 0 Å². The summed E-state index contributed by atoms with van der Waals surface area (Å²) in [5, 5.41) is 7.89. The van der Waals surface area contributed by atoms with E-state index >= 15 is 0 Å². The average Bonchev–Trinajstić information content (AvgIpc) is 1.99. The maximum Gasteiger partial charge on any atom is 0.415 e. The van der Waals surface area contributed by atoms with Gasteiger partial charge in [0, 0.05) is 0 Å². The summed E-state index contributed by atoms with van der Waals surface area (Å²) in [6.45, 7) is 3.54. The molecule has 0 spiro atoms. The number of esters is 1. The number of hydrogen-bond acceptors (Lipinski definition) is 3. The van der Waals surface area contributed by atoms with Crippen LogP contribution in [0.1, 0.15) is 20.8 Å². The second-order valence-corrected chi connectivity index (χ2v) is 3.96. The second-order valence-electron chi connectivity index (χ2n) is 3.96. The van der Waals surface area contributed by atoms with Gasteiger partial charge in [-0.15, -0.1) is 0 Å². The molecule has 0 aromatic heterocycles. The van der Waals surface area contributed by atoms with Crippen molar-refractivity contribution in [3.8, 4) is 0 Å². The minimum Gasteiger partial charge on any atom is -0.477 e. The van der Waals surface area contributed by atoms with Crippen molar-refractivity contribution >= 4 is 11.9 Å². The van der Waals surface area contributed by atoms with Gasteiger partial charge in [0.15, 0.2) is 0 Å². The van der Waals surface area contributed by atoms with E-state index in [0.29, 0.717) is 0 Å². The first-order valence-corrected chi connectivity index (χ1v) is 4.05. The third-order valence-electron chi connectivity index (χ3n) is 1.32. The van der Waals surface area contributed by atoms with Crippen LogP contribution in [0.15, 0.2) is 0 Å². The third kappa shape index (κ3) is 2.83. The summed E-state index contributed by atoms with van der Waals surface area (Å²) in [6.07, 6.45) is 0. The fourth-order valence-electron chi connectivity index (χ4n) is 0.605. The minimum atomic E-state index is -5.50. The average molecular weight is 246 g/mol. The van der Waals surface area contributed by atoms with Crippen LogP contribution in [0.4, 0.5) is 17.6 Å². The standard InChI is InChI=1S/C8H10F4O4/c1-6(2,3)16-5(15)8(11,12)7(9,10)4(13)14/h1-3H3,(H,13,14). The zero-order valence-electron chi connectivity index (χ0n) is 8.68. The SMILES string of the molecule is CC(C)(C)OC(=O)C(F)(F)C(F)(F)C(=O)O. The number of hydrogen-bond donors (Lipinski definition) is 1. The summed E-state index contributed by atoms with van der Waals surface area (Å²) in [6, 6.07) is 0. The molecular weight excluding hydrogens is 236 g/mol. The summed E-state index contributed by atoms with van der Waals surface area (Å²) in [5.74, 6) is -16.6. The molecule has 0 aliphatic carbocycles. The van der Waals surface area contributed by atoms with E-state index in [1.165, 1.54) is 20.8 Å². The Morgan fingerprint density at radius 3 is 1.62 bits per heavy atom. The molecule has 16 heavy (non-hydrogen) atoms. The number of carboxylic acids is 1. The minimum absolute atomic E-state index is 1.18. The van der Waals surface area contributed by atoms with Gasteiger partial charge in [-0.05, 0) is 20.8 Å². The highest BCUT2D eigenvalue weighted by Crippen LogP contribution is 2.36. The van der Waals surface area contributed by atoms with E-state index < -0.39 is 29.4 Å². The molecule has 94 valence electrons. The van der Waals surface area contributed by atoms with Gasteiger partial charge in [0.05, 0.1) is 0 Å². The Morgan fingerprint density at radius 2 is 1.38 bits per heavy atom. The van der Waals surface area contributed by atoms with Gasteiger partial charge in [0.2, 0.25) is 0 Å². The van der Waals surface area contributed by atoms with Crippen LogP contribution in [-0.2, 0) is 14.3 Å². The van der Waals surface area contributed by atoms with Crippen molar-refractivity contribution in [2.24, 2.45) is 0 Å². The Bertz CT molecular complexity index is 306. The lowest BCUT2D eigenvalue weighted by molar-refractivity contribution is -0.240. The molecule has 8 heteroatoms. The molecule has 0 aliphatic rings. The van der Waals surface area contributed by atoms with Gasteiger partial charge in [-0.25, -0.2) is 9.59 Å². The number of ether oxygens (including phenoxy) is 1. The molecule has 0 aromatic rings. The van der Waals surface area contributed by atoms with Gasteiger partial charge in [0.1, 0.15) is 5.60 Å². The highest BCUT2D eigenvalue weighted by atomic mass is 19.3. The van der Waals surface area contributed by atoms with Crippen LogP contribution in [0, 0.1) is 0 Å². The lowest BCUT2D eigenvalue weighted by atomic mass is 10.1. The fourth-order valence-corrected chi connectivity index (χ4v) is 0.605. The van der Waals surface area contributed by atoms with Crippen LogP contribution in [0.2, 0.25) is 0 Å². The predicted molar refractivity (Wildman–Crippen MR) is 43.4 cm³/mol. The topological polar surface area (TPSA) is 63.6 Å². The van der Waals surface area contributed by atoms with Gasteiger partial charge < -0.3 is 9.84 Å². The molecule has 0 bridgehead atoms. The molecule has 0 heterocycles. The van der Waals surface area contributed by atoms with E-state index in [-0.39, 0.29) is 0 Å². The van der Waals surface area contributed by atoms with Crippen molar-refractivity contribution in [3.63, 3.8) is 0 Å². The molecule has 0 aliphatic heterocycles. The molecule has 0 atom stereocenters. The monoisotopic (exact) mass is 246 g/mol. The summed E-state index contributed by atoms with van der Waals surface area (Å²) in [4.78, 5) is 20.6. The van der Waals surface area contributed by atoms with Gasteiger partial charge in [-0.2, -0.15) is 17.6 Å². The van der Waals surface area contributed by atoms with Crippen LogP contribution in [0.5, 0.6) is 0 Å². The highest BCUT2D eigenvalue weighted by Gasteiger charge is 2.69. The smallest absolute Gasteiger partial charge is 0.415 e. The van der Waals surface area contributed by atoms with E-state index in [4.69, 9.17) is 5.11 Å². The number of halogens is 4. The second kappa shape index (κ2) is 3.91. The molecular formula is C8H10F4O4. The van der Waals surface area contributed by atoms with Crippen LogP contribution in [0.3, 0.4) is 0 Å². The summed E-state index contributed by atoms with van der Waals surface area (Å²) in [5.41, 5.74) is -1.42. The first kappa shape index (κ1) is 14.7. The fraction of sp³-hybridized carbons (Fsp3) is 0.750. The lowest BCUT2D eigenvalue weighted by Crippen LogP contribution is -2.54. The van der Waals surface area contributed by atoms with Crippen molar-refractivity contribution in [2.45, 2.75) is 38.2 Å². The quantitative estimate of drug-likeness (QED) is 0.607. The molecule has 0 amide bonds. The molecule has 0 saturated carbocycles. The number of alkyl halides is 4. The maximum absolute atomic E-state index is 12.8. The Kier molecular flexibility index (Phi) is 3.58. The zero-order chi connectivity index (χ0) is 13.4. The van der Waals surface area contributed by atoms with Crippen LogP contribution < -0.4 is 0 Å². The van der Waals surface area contributed by atoms with Gasteiger partial charge in [-0.1, -0.05) is 0 Å². The van der Waals surface area contributed by atoms with Crippen molar-refractivity contribution in [3.05, 3.63) is 0 Å². The van der Waals surface area contributed by atoms with Gasteiger partial charge >= 0.3 is 23.8 Å². The van der Waals surface area contributed by atoms with Gasteiger partial charge in [0.25, 0.3) is 0 Å². The molecule has 4 nitrogen and oxygen atoms in total. The number of carbonyl (C=O) groups excluding carboxylic acids is 1. The van der Waals surface area contributed by atoms with Gasteiger partial charge in [-0.3, -0.25) is 0 Å². The first-order chi connectivity index (χ1) is 6.82. The van der Waals surface area contributed by atoms with E-state index in [1.54, 1.807) is 0 Å². The van der Waals surface area contributed by atoms with Crippen molar-refractivity contribution in [1.29, 1.82) is 0 Å². The molecule has 0 aromatic carbocycles. The lowest BCUT2D eigenvalue weighted by Gasteiger charge is -2.26. The largest absolute Gasteiger partial charge is 0.477 e. The van der Waals surface area contributed by atoms with E-state index in [9.17, 15) is 27.2 Å². The van der Waals surface area contributed by atoms with Crippen LogP contribution in [-0.4, -0.2) is 34.5 Å². The number of rotatable bonds is 3. The number of carbonyl (C=O) groups is 2. The third-order valence-corrected chi connectivity index (χ3v) is 1.32. The van der Waals surface area contributed by atoms with E-state index in [1.807, 2.05) is 0 Å². The van der Waals surface area contributed by atoms with Crippen molar-refractivity contribution < 1.29 is 37.0 Å². The van der Waals surface area contributed by atoms with Crippen molar-refractivity contribution in [1.82, 2.24) is 0 Å². The highest BCUT2D eigenvalue weighted by molar-refractivity contribution is 5.89. The molecule has 0 unspecified atom stereocenters. The number of aliphatic carboxylic acids is 1. The Morgan fingerprint density at radius 1 is 1.00 bits per heavy atom. The Hall–Kier alpha value is -1.34. The van der Waals surface area contributed by atoms with Crippen molar-refractivity contribution in [2.75, 3.05) is 0 Å². The Labute approximate surface area is 88.2 Å². The first-order valence-electron chi connectivity index (χ1n) is 4.05. The predicted octanol–water partition coefficient (Wildman–Crippen LogP) is 1.68. The maximum atomic E-state index is 12.8. The molecule has 0 radical (unpaired) electrons. The summed E-state index contributed by atoms with van der Waals surface area (Å²) >= 11 is 0. The van der Waals surface area contributed by atoms with Crippen LogP contribution >= 0.6 is 0 Å². The van der Waals surface area contributed by atoms with Crippen LogP contribution in [0.25, 0.3) is 0 Å². The summed E-state index contributed by atoms with van der Waals surface area (Å²) in [7, 11) is 0. The number of carboxylic acid groups (broad SMARTS) is 1. The molecule has 1 N–H and O–H groups in total. The molecule has 0 rings (SSSR count). The molecule has 0 saturated heterocycles. The van der Waals surface area contributed by atoms with E-state index in [2.05, 4.69) is 4.74 Å². The normalized spacial score (nSPS) is 13.4. The summed E-state index contributed by atoms with van der Waals surface area (Å²) < 4.78 is 54.5. The molecule has 0 fully saturated rings. The zero-order valence-corrected chi connectivity index (χ0v) is 8.68.